The molecule has 1 saturated heterocycles. The predicted octanol–water partition coefficient (Wildman–Crippen LogP) is 1.53. The van der Waals surface area contributed by atoms with Gasteiger partial charge in [0.25, 0.3) is 5.91 Å². The number of carbonyl (C=O) groups excluding carboxylic acids is 2. The summed E-state index contributed by atoms with van der Waals surface area (Å²) in [4.78, 5) is 30.3. The van der Waals surface area contributed by atoms with Crippen LogP contribution in [-0.4, -0.2) is 49.5 Å². The molecular weight excluding hydrogens is 306 g/mol. The van der Waals surface area contributed by atoms with Gasteiger partial charge in [-0.3, -0.25) is 14.6 Å². The van der Waals surface area contributed by atoms with E-state index in [-0.39, 0.29) is 18.2 Å². The molecule has 2 aromatic rings. The fourth-order valence-electron chi connectivity index (χ4n) is 2.53. The second kappa shape index (κ2) is 7.70. The monoisotopic (exact) mass is 325 g/mol. The summed E-state index contributed by atoms with van der Waals surface area (Å²) >= 11 is 0. The highest BCUT2D eigenvalue weighted by Crippen LogP contribution is 2.16. The molecule has 0 unspecified atom stereocenters. The minimum absolute atomic E-state index is 0.0493. The van der Waals surface area contributed by atoms with Crippen molar-refractivity contribution in [3.8, 4) is 0 Å². The number of rotatable bonds is 5. The molecule has 1 aromatic heterocycles. The average Bonchev–Trinajstić information content (AvgIpc) is 2.67. The molecular formula is C18H19N3O3. The molecule has 0 bridgehead atoms. The third-order valence-electron chi connectivity index (χ3n) is 3.87. The summed E-state index contributed by atoms with van der Waals surface area (Å²) in [5.74, 6) is -0.485. The first kappa shape index (κ1) is 16.1. The number of aromatic nitrogens is 1. The smallest absolute Gasteiger partial charge is 0.270 e. The lowest BCUT2D eigenvalue weighted by Gasteiger charge is -2.28. The topological polar surface area (TPSA) is 71.5 Å². The number of carbonyl (C=O) groups is 2. The highest BCUT2D eigenvalue weighted by Gasteiger charge is 2.13. The van der Waals surface area contributed by atoms with Gasteiger partial charge in [0.15, 0.2) is 5.78 Å². The average molecular weight is 325 g/mol. The molecule has 0 spiro atoms. The molecule has 3 rings (SSSR count). The third-order valence-corrected chi connectivity index (χ3v) is 3.87. The molecule has 1 aromatic carbocycles. The molecule has 1 amide bonds. The van der Waals surface area contributed by atoms with Crippen LogP contribution in [-0.2, 0) is 4.74 Å². The minimum Gasteiger partial charge on any atom is -0.378 e. The van der Waals surface area contributed by atoms with E-state index < -0.39 is 0 Å². The van der Waals surface area contributed by atoms with Crippen molar-refractivity contribution in [1.82, 2.24) is 10.3 Å². The van der Waals surface area contributed by atoms with Crippen molar-refractivity contribution in [2.24, 2.45) is 0 Å². The Morgan fingerprint density at radius 2 is 1.83 bits per heavy atom. The molecule has 6 heteroatoms. The zero-order valence-electron chi connectivity index (χ0n) is 13.3. The van der Waals surface area contributed by atoms with Gasteiger partial charge >= 0.3 is 0 Å². The van der Waals surface area contributed by atoms with E-state index >= 15 is 0 Å². The Morgan fingerprint density at radius 3 is 2.50 bits per heavy atom. The van der Waals surface area contributed by atoms with E-state index in [1.54, 1.807) is 36.5 Å². The van der Waals surface area contributed by atoms with E-state index in [9.17, 15) is 9.59 Å². The Hall–Kier alpha value is -2.73. The van der Waals surface area contributed by atoms with Gasteiger partial charge in [0, 0.05) is 30.5 Å². The van der Waals surface area contributed by atoms with Crippen molar-refractivity contribution in [2.75, 3.05) is 37.7 Å². The molecule has 1 aliphatic heterocycles. The second-order valence-electron chi connectivity index (χ2n) is 5.47. The molecule has 0 radical (unpaired) electrons. The Balaban J connectivity index is 1.56. The lowest BCUT2D eigenvalue weighted by atomic mass is 10.1. The number of hydrogen-bond acceptors (Lipinski definition) is 5. The highest BCUT2D eigenvalue weighted by molar-refractivity contribution is 6.01. The van der Waals surface area contributed by atoms with Crippen molar-refractivity contribution in [3.63, 3.8) is 0 Å². The van der Waals surface area contributed by atoms with E-state index in [0.29, 0.717) is 11.3 Å². The van der Waals surface area contributed by atoms with Gasteiger partial charge in [0.1, 0.15) is 5.69 Å². The standard InChI is InChI=1S/C18H19N3O3/c22-17(13-20-18(23)16-3-1-2-8-19-16)14-4-6-15(7-5-14)21-9-11-24-12-10-21/h1-8H,9-13H2,(H,20,23). The summed E-state index contributed by atoms with van der Waals surface area (Å²) in [5, 5.41) is 2.60. The van der Waals surface area contributed by atoms with E-state index in [1.165, 1.54) is 0 Å². The summed E-state index contributed by atoms with van der Waals surface area (Å²) in [6.07, 6.45) is 1.54. The van der Waals surface area contributed by atoms with E-state index in [4.69, 9.17) is 4.74 Å². The molecule has 24 heavy (non-hydrogen) atoms. The van der Waals surface area contributed by atoms with Gasteiger partial charge in [-0.25, -0.2) is 0 Å². The summed E-state index contributed by atoms with van der Waals surface area (Å²) in [7, 11) is 0. The fraction of sp³-hybridized carbons (Fsp3) is 0.278. The third kappa shape index (κ3) is 3.97. The fourth-order valence-corrected chi connectivity index (χ4v) is 2.53. The zero-order valence-corrected chi connectivity index (χ0v) is 13.3. The number of ether oxygens (including phenoxy) is 1. The number of amides is 1. The maximum atomic E-state index is 12.2. The van der Waals surface area contributed by atoms with Crippen LogP contribution in [0.1, 0.15) is 20.8 Å². The molecule has 2 heterocycles. The van der Waals surface area contributed by atoms with Crippen molar-refractivity contribution < 1.29 is 14.3 Å². The van der Waals surface area contributed by atoms with Crippen LogP contribution in [0.15, 0.2) is 48.7 Å². The van der Waals surface area contributed by atoms with Crippen LogP contribution in [0.5, 0.6) is 0 Å². The van der Waals surface area contributed by atoms with Crippen LogP contribution in [0, 0.1) is 0 Å². The summed E-state index contributed by atoms with van der Waals surface area (Å²) in [5.41, 5.74) is 1.95. The maximum Gasteiger partial charge on any atom is 0.270 e. The summed E-state index contributed by atoms with van der Waals surface area (Å²) in [6.45, 7) is 3.10. The maximum absolute atomic E-state index is 12.2. The van der Waals surface area contributed by atoms with Gasteiger partial charge in [-0.2, -0.15) is 0 Å². The molecule has 124 valence electrons. The Bertz CT molecular complexity index is 695. The molecule has 1 N–H and O–H groups in total. The molecule has 0 atom stereocenters. The van der Waals surface area contributed by atoms with Crippen LogP contribution in [0.25, 0.3) is 0 Å². The molecule has 0 aliphatic carbocycles. The lowest BCUT2D eigenvalue weighted by Crippen LogP contribution is -2.36. The normalized spacial score (nSPS) is 14.2. The van der Waals surface area contributed by atoms with Gasteiger partial charge in [-0.1, -0.05) is 6.07 Å². The number of benzene rings is 1. The first-order chi connectivity index (χ1) is 11.7. The van der Waals surface area contributed by atoms with E-state index in [2.05, 4.69) is 15.2 Å². The van der Waals surface area contributed by atoms with Gasteiger partial charge in [-0.15, -0.1) is 0 Å². The van der Waals surface area contributed by atoms with Crippen LogP contribution < -0.4 is 10.2 Å². The van der Waals surface area contributed by atoms with E-state index in [0.717, 1.165) is 32.0 Å². The SMILES string of the molecule is O=C(CNC(=O)c1ccccn1)c1ccc(N2CCOCC2)cc1. The van der Waals surface area contributed by atoms with Crippen molar-refractivity contribution in [1.29, 1.82) is 0 Å². The molecule has 6 nitrogen and oxygen atoms in total. The molecule has 1 fully saturated rings. The number of hydrogen-bond donors (Lipinski definition) is 1. The van der Waals surface area contributed by atoms with Crippen molar-refractivity contribution in [3.05, 3.63) is 59.9 Å². The number of morpholine rings is 1. The second-order valence-corrected chi connectivity index (χ2v) is 5.47. The largest absolute Gasteiger partial charge is 0.378 e. The Morgan fingerprint density at radius 1 is 1.08 bits per heavy atom. The zero-order chi connectivity index (χ0) is 16.8. The van der Waals surface area contributed by atoms with Crippen LogP contribution in [0.2, 0.25) is 0 Å². The number of Topliss-reactive ketones (excluding diaryl/α,β-unsaturated/α-hetero) is 1. The quantitative estimate of drug-likeness (QED) is 0.844. The van der Waals surface area contributed by atoms with Gasteiger partial charge in [-0.05, 0) is 36.4 Å². The number of nitrogens with zero attached hydrogens (tertiary/aromatic N) is 2. The number of pyridine rings is 1. The number of anilines is 1. The van der Waals surface area contributed by atoms with Crippen LogP contribution in [0.4, 0.5) is 5.69 Å². The molecule has 0 saturated carbocycles. The first-order valence-corrected chi connectivity index (χ1v) is 7.89. The Kier molecular flexibility index (Phi) is 5.18. The van der Waals surface area contributed by atoms with Gasteiger partial charge in [0.05, 0.1) is 19.8 Å². The van der Waals surface area contributed by atoms with Crippen molar-refractivity contribution in [2.45, 2.75) is 0 Å². The number of ketones is 1. The predicted molar refractivity (Wildman–Crippen MR) is 90.4 cm³/mol. The number of nitrogens with one attached hydrogen (secondary N) is 1. The summed E-state index contributed by atoms with van der Waals surface area (Å²) < 4.78 is 5.33. The van der Waals surface area contributed by atoms with Gasteiger partial charge < -0.3 is 15.0 Å². The minimum atomic E-state index is -0.353. The first-order valence-electron chi connectivity index (χ1n) is 7.89. The van der Waals surface area contributed by atoms with Crippen molar-refractivity contribution >= 4 is 17.4 Å². The summed E-state index contributed by atoms with van der Waals surface area (Å²) in [6, 6.07) is 12.5. The highest BCUT2D eigenvalue weighted by atomic mass is 16.5. The van der Waals surface area contributed by atoms with Gasteiger partial charge in [0.2, 0.25) is 0 Å². The molecule has 1 aliphatic rings. The van der Waals surface area contributed by atoms with E-state index in [1.807, 2.05) is 12.1 Å². The Labute approximate surface area is 140 Å². The van der Waals surface area contributed by atoms with Crippen LogP contribution in [0.3, 0.4) is 0 Å². The lowest BCUT2D eigenvalue weighted by molar-refractivity contribution is 0.0901. The van der Waals surface area contributed by atoms with Crippen LogP contribution >= 0.6 is 0 Å².